The highest BCUT2D eigenvalue weighted by molar-refractivity contribution is 7.99. The Bertz CT molecular complexity index is 1160. The molecule has 1 aliphatic heterocycles. The van der Waals surface area contributed by atoms with E-state index in [4.69, 9.17) is 11.6 Å². The Morgan fingerprint density at radius 2 is 1.88 bits per heavy atom. The van der Waals surface area contributed by atoms with Gasteiger partial charge in [-0.1, -0.05) is 41.1 Å². The molecule has 0 spiro atoms. The zero-order chi connectivity index (χ0) is 23.4. The monoisotopic (exact) mass is 486 g/mol. The maximum Gasteiger partial charge on any atom is 0.271 e. The summed E-state index contributed by atoms with van der Waals surface area (Å²) in [4.78, 5) is 25.3. The summed E-state index contributed by atoms with van der Waals surface area (Å²) in [5.41, 5.74) is 2.13. The first kappa shape index (κ1) is 23.1. The summed E-state index contributed by atoms with van der Waals surface area (Å²) in [6.45, 7) is 3.86. The number of halogens is 1. The number of hydrogen-bond acceptors (Lipinski definition) is 7. The van der Waals surface area contributed by atoms with Crippen LogP contribution in [-0.2, 0) is 4.79 Å². The second-order valence-corrected chi connectivity index (χ2v) is 9.11. The van der Waals surface area contributed by atoms with E-state index in [0.29, 0.717) is 5.16 Å². The Morgan fingerprint density at radius 3 is 2.58 bits per heavy atom. The first-order valence-corrected chi connectivity index (χ1v) is 11.9. The maximum atomic E-state index is 12.6. The molecule has 33 heavy (non-hydrogen) atoms. The molecule has 4 rings (SSSR count). The van der Waals surface area contributed by atoms with E-state index in [2.05, 4.69) is 20.4 Å². The van der Waals surface area contributed by atoms with Gasteiger partial charge in [-0.15, -0.1) is 10.2 Å². The van der Waals surface area contributed by atoms with Gasteiger partial charge in [0.2, 0.25) is 11.9 Å². The van der Waals surface area contributed by atoms with Crippen LogP contribution in [0.15, 0.2) is 47.6 Å². The fourth-order valence-electron chi connectivity index (χ4n) is 3.61. The van der Waals surface area contributed by atoms with Gasteiger partial charge in [0.25, 0.3) is 5.69 Å². The van der Waals surface area contributed by atoms with E-state index in [1.165, 1.54) is 36.4 Å². The number of nitrogens with one attached hydrogen (secondary N) is 1. The van der Waals surface area contributed by atoms with Crippen LogP contribution in [-0.4, -0.2) is 44.4 Å². The van der Waals surface area contributed by atoms with Gasteiger partial charge in [0.15, 0.2) is 5.16 Å². The molecule has 0 aliphatic carbocycles. The van der Waals surface area contributed by atoms with Gasteiger partial charge < -0.3 is 10.2 Å². The maximum absolute atomic E-state index is 12.6. The lowest BCUT2D eigenvalue weighted by molar-refractivity contribution is -0.384. The highest BCUT2D eigenvalue weighted by Gasteiger charge is 2.22. The molecule has 0 radical (unpaired) electrons. The van der Waals surface area contributed by atoms with Crippen molar-refractivity contribution >= 4 is 46.6 Å². The number of nitrogens with zero attached hydrogens (tertiary/aromatic N) is 5. The predicted octanol–water partition coefficient (Wildman–Crippen LogP) is 4.86. The van der Waals surface area contributed by atoms with Crippen LogP contribution in [0.1, 0.15) is 24.8 Å². The number of nitro groups is 1. The van der Waals surface area contributed by atoms with Gasteiger partial charge in [0.1, 0.15) is 0 Å². The van der Waals surface area contributed by atoms with Crippen molar-refractivity contribution in [2.24, 2.45) is 0 Å². The lowest BCUT2D eigenvalue weighted by Gasteiger charge is -2.27. The Kier molecular flexibility index (Phi) is 7.14. The number of thioether (sulfide) groups is 1. The van der Waals surface area contributed by atoms with E-state index in [1.54, 1.807) is 0 Å². The van der Waals surface area contributed by atoms with Crippen molar-refractivity contribution in [1.29, 1.82) is 0 Å². The van der Waals surface area contributed by atoms with Crippen LogP contribution in [0, 0.1) is 17.0 Å². The predicted molar refractivity (Wildman–Crippen MR) is 130 cm³/mol. The highest BCUT2D eigenvalue weighted by atomic mass is 35.5. The van der Waals surface area contributed by atoms with Crippen LogP contribution in [0.5, 0.6) is 0 Å². The number of carbonyl (C=O) groups is 1. The number of rotatable bonds is 7. The molecule has 1 amide bonds. The van der Waals surface area contributed by atoms with Crippen LogP contribution >= 0.6 is 23.4 Å². The zero-order valence-electron chi connectivity index (χ0n) is 18.0. The molecule has 172 valence electrons. The van der Waals surface area contributed by atoms with Crippen LogP contribution in [0.2, 0.25) is 5.02 Å². The average molecular weight is 487 g/mol. The third-order valence-electron chi connectivity index (χ3n) is 5.31. The Morgan fingerprint density at radius 1 is 1.15 bits per heavy atom. The van der Waals surface area contributed by atoms with E-state index in [-0.39, 0.29) is 28.1 Å². The van der Waals surface area contributed by atoms with Crippen LogP contribution in [0.25, 0.3) is 5.69 Å². The third-order valence-corrected chi connectivity index (χ3v) is 6.57. The number of carbonyl (C=O) groups excluding carboxylic acids is 1. The van der Waals surface area contributed by atoms with Crippen molar-refractivity contribution in [3.63, 3.8) is 0 Å². The quantitative estimate of drug-likeness (QED) is 0.289. The van der Waals surface area contributed by atoms with Gasteiger partial charge in [-0.25, -0.2) is 0 Å². The van der Waals surface area contributed by atoms with Crippen molar-refractivity contribution in [3.05, 3.63) is 63.2 Å². The number of aromatic nitrogens is 3. The SMILES string of the molecule is Cc1ccc(-n2c(SCC(=O)Nc3cc([N+](=O)[O-])ccc3Cl)nnc2N2CCCCC2)cc1. The van der Waals surface area contributed by atoms with Gasteiger partial charge in [-0.3, -0.25) is 19.5 Å². The number of piperidine rings is 1. The molecule has 1 aromatic heterocycles. The fraction of sp³-hybridized carbons (Fsp3) is 0.318. The topological polar surface area (TPSA) is 106 Å². The number of amides is 1. The van der Waals surface area contributed by atoms with Crippen molar-refractivity contribution < 1.29 is 9.72 Å². The summed E-state index contributed by atoms with van der Waals surface area (Å²) in [5.74, 6) is 0.465. The van der Waals surface area contributed by atoms with E-state index in [9.17, 15) is 14.9 Å². The summed E-state index contributed by atoms with van der Waals surface area (Å²) in [5, 5.41) is 23.3. The fourth-order valence-corrected chi connectivity index (χ4v) is 4.53. The average Bonchev–Trinajstić information content (AvgIpc) is 3.24. The van der Waals surface area contributed by atoms with E-state index in [1.807, 2.05) is 35.8 Å². The smallest absolute Gasteiger partial charge is 0.271 e. The Balaban J connectivity index is 1.53. The summed E-state index contributed by atoms with van der Waals surface area (Å²) in [6.07, 6.45) is 3.42. The van der Waals surface area contributed by atoms with Gasteiger partial charge in [-0.05, 0) is 44.4 Å². The number of hydrogen-bond donors (Lipinski definition) is 1. The third kappa shape index (κ3) is 5.45. The number of benzene rings is 2. The molecule has 1 fully saturated rings. The molecule has 9 nitrogen and oxygen atoms in total. The Labute approximate surface area is 200 Å². The molecule has 0 unspecified atom stereocenters. The second kappa shape index (κ2) is 10.2. The lowest BCUT2D eigenvalue weighted by atomic mass is 10.1. The van der Waals surface area contributed by atoms with Gasteiger partial charge in [0, 0.05) is 25.2 Å². The van der Waals surface area contributed by atoms with E-state index in [0.717, 1.165) is 43.1 Å². The van der Waals surface area contributed by atoms with Crippen LogP contribution in [0.4, 0.5) is 17.3 Å². The molecule has 1 N–H and O–H groups in total. The highest BCUT2D eigenvalue weighted by Crippen LogP contribution is 2.30. The van der Waals surface area contributed by atoms with Crippen molar-refractivity contribution in [2.75, 3.05) is 29.1 Å². The number of aryl methyl sites for hydroxylation is 1. The molecule has 2 aromatic carbocycles. The minimum Gasteiger partial charge on any atom is -0.341 e. The molecular formula is C22H23ClN6O3S. The molecule has 3 aromatic rings. The largest absolute Gasteiger partial charge is 0.341 e. The van der Waals surface area contributed by atoms with Gasteiger partial charge in [0.05, 0.1) is 27.1 Å². The molecule has 0 atom stereocenters. The number of nitro benzene ring substituents is 1. The summed E-state index contributed by atoms with van der Waals surface area (Å²) >= 11 is 7.34. The zero-order valence-corrected chi connectivity index (χ0v) is 19.6. The van der Waals surface area contributed by atoms with Crippen molar-refractivity contribution in [3.8, 4) is 5.69 Å². The minimum atomic E-state index is -0.535. The summed E-state index contributed by atoms with van der Waals surface area (Å²) in [6, 6.07) is 12.0. The second-order valence-electron chi connectivity index (χ2n) is 7.76. The molecular weight excluding hydrogens is 464 g/mol. The first-order chi connectivity index (χ1) is 15.9. The molecule has 0 bridgehead atoms. The van der Waals surface area contributed by atoms with E-state index >= 15 is 0 Å². The normalized spacial score (nSPS) is 13.7. The summed E-state index contributed by atoms with van der Waals surface area (Å²) < 4.78 is 1.98. The first-order valence-electron chi connectivity index (χ1n) is 10.6. The van der Waals surface area contributed by atoms with Crippen LogP contribution < -0.4 is 10.2 Å². The molecule has 2 heterocycles. The lowest BCUT2D eigenvalue weighted by Crippen LogP contribution is -2.31. The molecule has 0 saturated carbocycles. The standard InChI is InChI=1S/C22H23ClN6O3S/c1-15-5-7-16(8-6-15)28-21(27-11-3-2-4-12-27)25-26-22(28)33-14-20(30)24-19-13-17(29(31)32)9-10-18(19)23/h5-10,13H,2-4,11-12,14H2,1H3,(H,24,30). The van der Waals surface area contributed by atoms with Crippen molar-refractivity contribution in [2.45, 2.75) is 31.3 Å². The van der Waals surface area contributed by atoms with Crippen molar-refractivity contribution in [1.82, 2.24) is 14.8 Å². The Hall–Kier alpha value is -3.11. The molecule has 1 saturated heterocycles. The van der Waals surface area contributed by atoms with E-state index < -0.39 is 4.92 Å². The summed E-state index contributed by atoms with van der Waals surface area (Å²) in [7, 11) is 0. The van der Waals surface area contributed by atoms with Gasteiger partial charge >= 0.3 is 0 Å². The van der Waals surface area contributed by atoms with Crippen LogP contribution in [0.3, 0.4) is 0 Å². The number of non-ortho nitro benzene ring substituents is 1. The number of anilines is 2. The molecule has 1 aliphatic rings. The molecule has 11 heteroatoms. The minimum absolute atomic E-state index is 0.0447. The van der Waals surface area contributed by atoms with Gasteiger partial charge in [-0.2, -0.15) is 0 Å².